The average molecular weight is 290 g/mol. The number of rotatable bonds is 3. The summed E-state index contributed by atoms with van der Waals surface area (Å²) in [5, 5.41) is 7.75. The lowest BCUT2D eigenvalue weighted by Gasteiger charge is -2.12. The zero-order valence-electron chi connectivity index (χ0n) is 11.0. The molecule has 1 aromatic carbocycles. The van der Waals surface area contributed by atoms with Gasteiger partial charge >= 0.3 is 0 Å². The monoisotopic (exact) mass is 289 g/mol. The molecular weight excluding hydrogens is 274 g/mol. The Morgan fingerprint density at radius 1 is 1.45 bits per heavy atom. The number of benzene rings is 1. The number of hydrogen-bond donors (Lipinski definition) is 2. The molecule has 1 aliphatic heterocycles. The van der Waals surface area contributed by atoms with Gasteiger partial charge in [-0.1, -0.05) is 11.6 Å². The highest BCUT2D eigenvalue weighted by molar-refractivity contribution is 6.35. The van der Waals surface area contributed by atoms with E-state index in [1.807, 2.05) is 18.2 Å². The van der Waals surface area contributed by atoms with Crippen LogP contribution in [0.5, 0.6) is 0 Å². The number of carbonyl (C=O) groups excluding carboxylic acids is 1. The summed E-state index contributed by atoms with van der Waals surface area (Å²) < 4.78 is 0. The van der Waals surface area contributed by atoms with Gasteiger partial charge in [-0.25, -0.2) is 0 Å². The minimum absolute atomic E-state index is 0.0249. The van der Waals surface area contributed by atoms with Gasteiger partial charge in [-0.2, -0.15) is 0 Å². The Hall–Kier alpha value is -1.65. The van der Waals surface area contributed by atoms with Crippen LogP contribution in [0, 0.1) is 0 Å². The van der Waals surface area contributed by atoms with Crippen molar-refractivity contribution in [3.63, 3.8) is 0 Å². The van der Waals surface area contributed by atoms with Gasteiger partial charge in [-0.05, 0) is 43.7 Å². The van der Waals surface area contributed by atoms with E-state index in [9.17, 15) is 4.79 Å². The van der Waals surface area contributed by atoms with Crippen molar-refractivity contribution in [3.8, 4) is 0 Å². The van der Waals surface area contributed by atoms with Gasteiger partial charge in [0.05, 0.1) is 16.2 Å². The van der Waals surface area contributed by atoms with Gasteiger partial charge in [0, 0.05) is 24.0 Å². The van der Waals surface area contributed by atoms with Crippen LogP contribution >= 0.6 is 11.6 Å². The third-order valence-electron chi connectivity index (χ3n) is 3.59. The molecule has 1 atom stereocenters. The molecule has 1 amide bonds. The smallest absolute Gasteiger partial charge is 0.225 e. The van der Waals surface area contributed by atoms with Gasteiger partial charge in [0.15, 0.2) is 0 Å². The molecule has 4 nitrogen and oxygen atoms in total. The Kier molecular flexibility index (Phi) is 3.85. The molecule has 104 valence electrons. The standard InChI is InChI=1S/C15H16ClN3O/c16-12-5-6-13(11-4-2-8-18-15(11)12)19-14(20)9-10-3-1-7-17-10/h2,4-6,8,10,17H,1,3,7,9H2,(H,19,20)/t10-/m1/s1. The quantitative estimate of drug-likeness (QED) is 0.913. The van der Waals surface area contributed by atoms with Gasteiger partial charge in [-0.15, -0.1) is 0 Å². The fourth-order valence-electron chi connectivity index (χ4n) is 2.60. The molecule has 1 fully saturated rings. The van der Waals surface area contributed by atoms with E-state index in [2.05, 4.69) is 15.6 Å². The van der Waals surface area contributed by atoms with Crippen LogP contribution in [0.1, 0.15) is 19.3 Å². The molecule has 1 saturated heterocycles. The zero-order chi connectivity index (χ0) is 13.9. The highest BCUT2D eigenvalue weighted by Gasteiger charge is 2.18. The zero-order valence-corrected chi connectivity index (χ0v) is 11.8. The van der Waals surface area contributed by atoms with Crippen molar-refractivity contribution >= 4 is 34.1 Å². The number of halogens is 1. The third-order valence-corrected chi connectivity index (χ3v) is 3.89. The lowest BCUT2D eigenvalue weighted by molar-refractivity contribution is -0.116. The van der Waals surface area contributed by atoms with Crippen LogP contribution in [0.4, 0.5) is 5.69 Å². The number of nitrogens with zero attached hydrogens (tertiary/aromatic N) is 1. The van der Waals surface area contributed by atoms with Crippen molar-refractivity contribution in [1.82, 2.24) is 10.3 Å². The number of hydrogen-bond acceptors (Lipinski definition) is 3. The van der Waals surface area contributed by atoms with Crippen molar-refractivity contribution in [2.75, 3.05) is 11.9 Å². The first kappa shape index (κ1) is 13.3. The van der Waals surface area contributed by atoms with Crippen molar-refractivity contribution in [2.45, 2.75) is 25.3 Å². The maximum atomic E-state index is 12.1. The molecule has 0 saturated carbocycles. The molecule has 0 aliphatic carbocycles. The van der Waals surface area contributed by atoms with Crippen LogP contribution in [0.15, 0.2) is 30.5 Å². The van der Waals surface area contributed by atoms with Gasteiger partial charge in [0.1, 0.15) is 0 Å². The van der Waals surface area contributed by atoms with E-state index >= 15 is 0 Å². The second-order valence-corrected chi connectivity index (χ2v) is 5.45. The first-order valence-electron chi connectivity index (χ1n) is 6.80. The number of aromatic nitrogens is 1. The Morgan fingerprint density at radius 3 is 3.15 bits per heavy atom. The van der Waals surface area contributed by atoms with Crippen LogP contribution in [0.2, 0.25) is 5.02 Å². The summed E-state index contributed by atoms with van der Waals surface area (Å²) in [6.45, 7) is 1.01. The first-order chi connectivity index (χ1) is 9.74. The van der Waals surface area contributed by atoms with E-state index in [0.29, 0.717) is 23.0 Å². The van der Waals surface area contributed by atoms with Crippen LogP contribution in [-0.2, 0) is 4.79 Å². The number of pyridine rings is 1. The van der Waals surface area contributed by atoms with Gasteiger partial charge in [0.2, 0.25) is 5.91 Å². The fourth-order valence-corrected chi connectivity index (χ4v) is 2.82. The van der Waals surface area contributed by atoms with Gasteiger partial charge in [-0.3, -0.25) is 9.78 Å². The van der Waals surface area contributed by atoms with E-state index in [-0.39, 0.29) is 5.91 Å². The van der Waals surface area contributed by atoms with Crippen molar-refractivity contribution in [1.29, 1.82) is 0 Å². The number of amides is 1. The first-order valence-corrected chi connectivity index (χ1v) is 7.18. The molecule has 1 aromatic heterocycles. The maximum absolute atomic E-state index is 12.1. The lowest BCUT2D eigenvalue weighted by atomic mass is 10.1. The summed E-state index contributed by atoms with van der Waals surface area (Å²) in [6.07, 6.45) is 4.41. The predicted molar refractivity (Wildman–Crippen MR) is 81.0 cm³/mol. The number of carbonyl (C=O) groups is 1. The summed E-state index contributed by atoms with van der Waals surface area (Å²) in [6, 6.07) is 7.64. The molecular formula is C15H16ClN3O. The fraction of sp³-hybridized carbons (Fsp3) is 0.333. The van der Waals surface area contributed by atoms with E-state index in [4.69, 9.17) is 11.6 Å². The van der Waals surface area contributed by atoms with Crippen molar-refractivity contribution in [3.05, 3.63) is 35.5 Å². The van der Waals surface area contributed by atoms with Crippen molar-refractivity contribution in [2.24, 2.45) is 0 Å². The Bertz CT molecular complexity index is 638. The summed E-state index contributed by atoms with van der Waals surface area (Å²) in [7, 11) is 0. The second-order valence-electron chi connectivity index (χ2n) is 5.04. The van der Waals surface area contributed by atoms with E-state index in [1.54, 1.807) is 12.3 Å². The summed E-state index contributed by atoms with van der Waals surface area (Å²) >= 11 is 6.12. The minimum atomic E-state index is 0.0249. The molecule has 0 unspecified atom stereocenters. The van der Waals surface area contributed by atoms with Gasteiger partial charge in [0.25, 0.3) is 0 Å². The number of fused-ring (bicyclic) bond motifs is 1. The van der Waals surface area contributed by atoms with Crippen LogP contribution in [0.25, 0.3) is 10.9 Å². The second kappa shape index (κ2) is 5.77. The topological polar surface area (TPSA) is 54.0 Å². The maximum Gasteiger partial charge on any atom is 0.225 e. The van der Waals surface area contributed by atoms with E-state index < -0.39 is 0 Å². The number of anilines is 1. The molecule has 2 N–H and O–H groups in total. The molecule has 3 rings (SSSR count). The van der Waals surface area contributed by atoms with Crippen LogP contribution in [0.3, 0.4) is 0 Å². The predicted octanol–water partition coefficient (Wildman–Crippen LogP) is 2.97. The Balaban J connectivity index is 1.80. The summed E-state index contributed by atoms with van der Waals surface area (Å²) in [5.74, 6) is 0.0249. The third kappa shape index (κ3) is 2.76. The highest BCUT2D eigenvalue weighted by atomic mass is 35.5. The molecule has 2 aromatic rings. The Labute approximate surface area is 122 Å². The summed E-state index contributed by atoms with van der Waals surface area (Å²) in [5.41, 5.74) is 1.48. The lowest BCUT2D eigenvalue weighted by Crippen LogP contribution is -2.27. The minimum Gasteiger partial charge on any atom is -0.325 e. The normalized spacial score (nSPS) is 18.4. The average Bonchev–Trinajstić information content (AvgIpc) is 2.95. The largest absolute Gasteiger partial charge is 0.325 e. The molecule has 0 bridgehead atoms. The molecule has 20 heavy (non-hydrogen) atoms. The van der Waals surface area contributed by atoms with Crippen LogP contribution < -0.4 is 10.6 Å². The number of nitrogens with one attached hydrogen (secondary N) is 2. The molecule has 2 heterocycles. The molecule has 1 aliphatic rings. The molecule has 0 spiro atoms. The van der Waals surface area contributed by atoms with Crippen molar-refractivity contribution < 1.29 is 4.79 Å². The van der Waals surface area contributed by atoms with Gasteiger partial charge < -0.3 is 10.6 Å². The summed E-state index contributed by atoms with van der Waals surface area (Å²) in [4.78, 5) is 16.3. The van der Waals surface area contributed by atoms with Crippen LogP contribution in [-0.4, -0.2) is 23.5 Å². The van der Waals surface area contributed by atoms with E-state index in [0.717, 1.165) is 30.5 Å². The van der Waals surface area contributed by atoms with E-state index in [1.165, 1.54) is 0 Å². The SMILES string of the molecule is O=C(C[C@H]1CCCN1)Nc1ccc(Cl)c2ncccc12. The molecule has 0 radical (unpaired) electrons. The Morgan fingerprint density at radius 2 is 2.35 bits per heavy atom. The highest BCUT2D eigenvalue weighted by Crippen LogP contribution is 2.28. The molecule has 5 heteroatoms.